The van der Waals surface area contributed by atoms with Crippen LogP contribution >= 0.6 is 0 Å². The summed E-state index contributed by atoms with van der Waals surface area (Å²) < 4.78 is 33.3. The zero-order valence-electron chi connectivity index (χ0n) is 10.7. The fraction of sp³-hybridized carbons (Fsp3) is 0.538. The molecule has 0 fully saturated rings. The minimum atomic E-state index is -3.51. The topological polar surface area (TPSA) is 52.6 Å². The third-order valence-electron chi connectivity index (χ3n) is 2.32. The van der Waals surface area contributed by atoms with E-state index in [1.807, 2.05) is 6.07 Å². The van der Waals surface area contributed by atoms with Crippen molar-refractivity contribution >= 4 is 10.1 Å². The Labute approximate surface area is 109 Å². The van der Waals surface area contributed by atoms with E-state index in [1.165, 1.54) is 0 Å². The van der Waals surface area contributed by atoms with E-state index in [-0.39, 0.29) is 12.4 Å². The Kier molecular flexibility index (Phi) is 6.93. The average molecular weight is 272 g/mol. The first-order valence-corrected chi connectivity index (χ1v) is 7.70. The summed E-state index contributed by atoms with van der Waals surface area (Å²) >= 11 is 0. The zero-order chi connectivity index (χ0) is 13.3. The van der Waals surface area contributed by atoms with Crippen molar-refractivity contribution in [1.29, 1.82) is 0 Å². The predicted molar refractivity (Wildman–Crippen MR) is 70.7 cm³/mol. The van der Waals surface area contributed by atoms with E-state index in [0.29, 0.717) is 13.2 Å². The Bertz CT molecular complexity index is 414. The van der Waals surface area contributed by atoms with Gasteiger partial charge in [0.25, 0.3) is 10.1 Å². The third kappa shape index (κ3) is 6.74. The molecule has 1 rings (SSSR count). The Hall–Kier alpha value is -0.910. The van der Waals surface area contributed by atoms with E-state index in [2.05, 4.69) is 6.92 Å². The van der Waals surface area contributed by atoms with Gasteiger partial charge >= 0.3 is 0 Å². The maximum Gasteiger partial charge on any atom is 0.271 e. The molecule has 1 aromatic rings. The van der Waals surface area contributed by atoms with Crippen molar-refractivity contribution < 1.29 is 17.3 Å². The van der Waals surface area contributed by atoms with Crippen LogP contribution < -0.4 is 0 Å². The van der Waals surface area contributed by atoms with Crippen molar-refractivity contribution in [3.05, 3.63) is 35.9 Å². The maximum atomic E-state index is 11.6. The van der Waals surface area contributed by atoms with Crippen LogP contribution in [0.25, 0.3) is 0 Å². The quantitative estimate of drug-likeness (QED) is 0.511. The lowest BCUT2D eigenvalue weighted by Gasteiger charge is -2.06. The minimum absolute atomic E-state index is 0.0822. The van der Waals surface area contributed by atoms with Crippen LogP contribution in [-0.4, -0.2) is 28.2 Å². The van der Waals surface area contributed by atoms with E-state index in [4.69, 9.17) is 8.92 Å². The Morgan fingerprint density at radius 1 is 1.06 bits per heavy atom. The van der Waals surface area contributed by atoms with Gasteiger partial charge in [-0.05, 0) is 12.0 Å². The van der Waals surface area contributed by atoms with Crippen LogP contribution in [0.4, 0.5) is 0 Å². The van der Waals surface area contributed by atoms with Crippen LogP contribution in [0, 0.1) is 0 Å². The molecule has 0 atom stereocenters. The van der Waals surface area contributed by atoms with Gasteiger partial charge in [-0.1, -0.05) is 43.7 Å². The summed E-state index contributed by atoms with van der Waals surface area (Å²) in [6, 6.07) is 8.98. The van der Waals surface area contributed by atoms with E-state index < -0.39 is 10.1 Å². The maximum absolute atomic E-state index is 11.6. The lowest BCUT2D eigenvalue weighted by atomic mass is 10.2. The van der Waals surface area contributed by atoms with Crippen LogP contribution in [0.15, 0.2) is 30.3 Å². The van der Waals surface area contributed by atoms with Crippen LogP contribution in [-0.2, 0) is 24.8 Å². The van der Waals surface area contributed by atoms with Crippen molar-refractivity contribution in [3.8, 4) is 0 Å². The van der Waals surface area contributed by atoms with Crippen molar-refractivity contribution in [2.45, 2.75) is 25.5 Å². The molecule has 0 amide bonds. The summed E-state index contributed by atoms with van der Waals surface area (Å²) in [6.45, 7) is 3.12. The van der Waals surface area contributed by atoms with Crippen molar-refractivity contribution in [3.63, 3.8) is 0 Å². The van der Waals surface area contributed by atoms with Crippen LogP contribution in [0.1, 0.15) is 25.3 Å². The number of ether oxygens (including phenoxy) is 1. The molecule has 0 bridgehead atoms. The summed E-state index contributed by atoms with van der Waals surface area (Å²) in [4.78, 5) is 0. The molecular formula is C13H20O4S. The number of unbranched alkanes of at least 4 members (excludes halogenated alkanes) is 1. The van der Waals surface area contributed by atoms with Crippen molar-refractivity contribution in [1.82, 2.24) is 0 Å². The molecule has 0 aromatic heterocycles. The fourth-order valence-electron chi connectivity index (χ4n) is 1.39. The smallest absolute Gasteiger partial charge is 0.271 e. The highest BCUT2D eigenvalue weighted by Gasteiger charge is 2.11. The largest absolute Gasteiger partial charge is 0.379 e. The second-order valence-corrected chi connectivity index (χ2v) is 5.62. The molecule has 5 heteroatoms. The van der Waals surface area contributed by atoms with E-state index >= 15 is 0 Å². The van der Waals surface area contributed by atoms with Gasteiger partial charge in [-0.3, -0.25) is 4.18 Å². The van der Waals surface area contributed by atoms with Gasteiger partial charge in [0.1, 0.15) is 5.75 Å². The summed E-state index contributed by atoms with van der Waals surface area (Å²) in [5.74, 6) is -0.0944. The molecule has 0 radical (unpaired) electrons. The molecule has 0 saturated heterocycles. The first-order chi connectivity index (χ1) is 8.64. The first-order valence-electron chi connectivity index (χ1n) is 6.13. The summed E-state index contributed by atoms with van der Waals surface area (Å²) in [5, 5.41) is 0. The van der Waals surface area contributed by atoms with Crippen LogP contribution in [0.5, 0.6) is 0 Å². The van der Waals surface area contributed by atoms with Crippen molar-refractivity contribution in [2.75, 3.05) is 19.8 Å². The normalized spacial score (nSPS) is 11.6. The highest BCUT2D eigenvalue weighted by Crippen LogP contribution is 2.06. The number of hydrogen-bond donors (Lipinski definition) is 0. The lowest BCUT2D eigenvalue weighted by Crippen LogP contribution is -2.13. The SMILES string of the molecule is CCCCOCCOS(=O)(=O)Cc1ccccc1. The molecule has 0 saturated carbocycles. The molecule has 1 aromatic carbocycles. The highest BCUT2D eigenvalue weighted by molar-refractivity contribution is 7.85. The summed E-state index contributed by atoms with van der Waals surface area (Å²) in [7, 11) is -3.51. The molecule has 0 aliphatic rings. The highest BCUT2D eigenvalue weighted by atomic mass is 32.2. The fourth-order valence-corrected chi connectivity index (χ4v) is 2.39. The molecule has 18 heavy (non-hydrogen) atoms. The second kappa shape index (κ2) is 8.24. The first kappa shape index (κ1) is 15.1. The van der Waals surface area contributed by atoms with E-state index in [1.54, 1.807) is 24.3 Å². The number of rotatable bonds is 9. The molecule has 0 unspecified atom stereocenters. The monoisotopic (exact) mass is 272 g/mol. The van der Waals surface area contributed by atoms with Crippen LogP contribution in [0.3, 0.4) is 0 Å². The van der Waals surface area contributed by atoms with Gasteiger partial charge in [-0.25, -0.2) is 0 Å². The van der Waals surface area contributed by atoms with E-state index in [0.717, 1.165) is 18.4 Å². The Balaban J connectivity index is 2.24. The van der Waals surface area contributed by atoms with Crippen LogP contribution in [0.2, 0.25) is 0 Å². The molecule has 4 nitrogen and oxygen atoms in total. The molecule has 0 aliphatic heterocycles. The van der Waals surface area contributed by atoms with Gasteiger partial charge in [-0.15, -0.1) is 0 Å². The Morgan fingerprint density at radius 2 is 1.78 bits per heavy atom. The molecule has 0 heterocycles. The number of hydrogen-bond acceptors (Lipinski definition) is 4. The average Bonchev–Trinajstić information content (AvgIpc) is 2.34. The van der Waals surface area contributed by atoms with Gasteiger partial charge in [0, 0.05) is 6.61 Å². The summed E-state index contributed by atoms with van der Waals surface area (Å²) in [5.41, 5.74) is 0.726. The summed E-state index contributed by atoms with van der Waals surface area (Å²) in [6.07, 6.45) is 2.05. The van der Waals surface area contributed by atoms with Gasteiger partial charge in [0.05, 0.1) is 13.2 Å². The second-order valence-electron chi connectivity index (χ2n) is 3.98. The molecule has 102 valence electrons. The van der Waals surface area contributed by atoms with Crippen molar-refractivity contribution in [2.24, 2.45) is 0 Å². The molecular weight excluding hydrogens is 252 g/mol. The molecule has 0 N–H and O–H groups in total. The van der Waals surface area contributed by atoms with Gasteiger partial charge in [-0.2, -0.15) is 8.42 Å². The Morgan fingerprint density at radius 3 is 2.44 bits per heavy atom. The standard InChI is InChI=1S/C13H20O4S/c1-2-3-9-16-10-11-17-18(14,15)12-13-7-5-4-6-8-13/h4-8H,2-3,9-12H2,1H3. The predicted octanol–water partition coefficient (Wildman–Crippen LogP) is 2.35. The minimum Gasteiger partial charge on any atom is -0.379 e. The van der Waals surface area contributed by atoms with E-state index in [9.17, 15) is 8.42 Å². The van der Waals surface area contributed by atoms with Gasteiger partial charge in [0.15, 0.2) is 0 Å². The van der Waals surface area contributed by atoms with Gasteiger partial charge < -0.3 is 4.74 Å². The molecule has 0 aliphatic carbocycles. The molecule has 0 spiro atoms. The number of benzene rings is 1. The lowest BCUT2D eigenvalue weighted by molar-refractivity contribution is 0.0999. The van der Waals surface area contributed by atoms with Gasteiger partial charge in [0.2, 0.25) is 0 Å². The zero-order valence-corrected chi connectivity index (χ0v) is 11.5. The third-order valence-corrected chi connectivity index (χ3v) is 3.53.